The van der Waals surface area contributed by atoms with Gasteiger partial charge in [0.2, 0.25) is 11.5 Å². The molecule has 0 unspecified atom stereocenters. The molecule has 0 bridgehead atoms. The molecule has 1 nitrogen and oxygen atoms in total. The molecule has 0 aliphatic rings. The van der Waals surface area contributed by atoms with Crippen LogP contribution >= 0.6 is 0 Å². The van der Waals surface area contributed by atoms with Gasteiger partial charge in [0.15, 0.2) is 0 Å². The number of hydrogen-bond donors (Lipinski definition) is 0. The minimum absolute atomic E-state index is 1.61. The summed E-state index contributed by atoms with van der Waals surface area (Å²) in [6, 6.07) is 1.61. The fraction of sp³-hybridized carbons (Fsp3) is 0. The van der Waals surface area contributed by atoms with Crippen molar-refractivity contribution in [1.82, 2.24) is 0 Å². The van der Waals surface area contributed by atoms with E-state index in [-0.39, 0.29) is 0 Å². The van der Waals surface area contributed by atoms with Gasteiger partial charge in [-0.15, -0.1) is 0 Å². The van der Waals surface area contributed by atoms with Crippen LogP contribution in [0.15, 0.2) is 29.5 Å². The fourth-order valence-corrected chi connectivity index (χ4v) is 0.135. The van der Waals surface area contributed by atoms with E-state index >= 15 is 0 Å². The molecule has 0 N–H and O–H groups in total. The van der Waals surface area contributed by atoms with E-state index in [1.165, 1.54) is 0 Å². The van der Waals surface area contributed by atoms with Crippen LogP contribution in [0.25, 0.3) is 0 Å². The molecule has 0 aromatic rings. The Kier molecular flexibility index (Phi) is 4.12. The Labute approximate surface area is 47.9 Å². The summed E-state index contributed by atoms with van der Waals surface area (Å²) >= 11 is 0. The Hall–Kier alpha value is -1.74. The topological polar surface area (TPSA) is 23.8 Å². The van der Waals surface area contributed by atoms with E-state index < -0.39 is 0 Å². The number of rotatable bonds is 0. The van der Waals surface area contributed by atoms with E-state index in [0.717, 1.165) is 0 Å². The molecule has 0 fully saturated rings. The van der Waals surface area contributed by atoms with Crippen LogP contribution in [0.5, 0.6) is 0 Å². The lowest BCUT2D eigenvalue weighted by Gasteiger charge is -1.23. The standard InChI is InChI=1S/C7H2N/c1-2-3-4-5-6-7-8/h1H2/q+1. The van der Waals surface area contributed by atoms with Gasteiger partial charge in [-0.3, -0.25) is 0 Å². The second-order valence-electron chi connectivity index (χ2n) is 0.789. The summed E-state index contributed by atoms with van der Waals surface area (Å²) in [7, 11) is 0. The van der Waals surface area contributed by atoms with Gasteiger partial charge in [0.05, 0.1) is 0 Å². The number of nitriles is 1. The highest BCUT2D eigenvalue weighted by molar-refractivity contribution is 4.92. The maximum atomic E-state index is 7.84. The Balaban J connectivity index is 4.55. The van der Waals surface area contributed by atoms with Gasteiger partial charge in [0.25, 0.3) is 12.1 Å². The first kappa shape index (κ1) is 6.26. The molecule has 8 heavy (non-hydrogen) atoms. The van der Waals surface area contributed by atoms with Crippen LogP contribution in [-0.2, 0) is 0 Å². The van der Waals surface area contributed by atoms with Gasteiger partial charge in [0, 0.05) is 0 Å². The SMILES string of the molecule is C=C=C=C=C=[C+]C#N. The van der Waals surface area contributed by atoms with Crippen LogP contribution in [-0.4, -0.2) is 0 Å². The minimum atomic E-state index is 1.61. The summed E-state index contributed by atoms with van der Waals surface area (Å²) in [4.78, 5) is 0. The third-order valence-electron chi connectivity index (χ3n) is 0.332. The molecule has 0 rings (SSSR count). The highest BCUT2D eigenvalue weighted by Crippen LogP contribution is 1.53. The summed E-state index contributed by atoms with van der Waals surface area (Å²) in [5.41, 5.74) is 9.24. The van der Waals surface area contributed by atoms with E-state index in [1.807, 2.05) is 0 Å². The lowest BCUT2D eigenvalue weighted by Crippen LogP contribution is -1.33. The first-order valence-corrected chi connectivity index (χ1v) is 1.83. The van der Waals surface area contributed by atoms with Crippen molar-refractivity contribution in [2.75, 3.05) is 0 Å². The summed E-state index contributed by atoms with van der Waals surface area (Å²) in [6.45, 7) is 3.21. The van der Waals surface area contributed by atoms with E-state index in [4.69, 9.17) is 5.26 Å². The molecule has 0 spiro atoms. The van der Waals surface area contributed by atoms with E-state index in [0.29, 0.717) is 0 Å². The van der Waals surface area contributed by atoms with Crippen molar-refractivity contribution < 1.29 is 0 Å². The van der Waals surface area contributed by atoms with Crippen molar-refractivity contribution in [2.45, 2.75) is 0 Å². The van der Waals surface area contributed by atoms with E-state index in [2.05, 4.69) is 35.6 Å². The van der Waals surface area contributed by atoms with E-state index in [1.54, 1.807) is 6.07 Å². The quantitative estimate of drug-likeness (QED) is 0.254. The number of nitrogens with zero attached hydrogens (tertiary/aromatic N) is 1. The number of allylic oxidation sites excluding steroid dienone is 1. The molecule has 0 atom stereocenters. The summed E-state index contributed by atoms with van der Waals surface area (Å²) in [5, 5.41) is 7.84. The highest BCUT2D eigenvalue weighted by Gasteiger charge is 1.65. The fourth-order valence-electron chi connectivity index (χ4n) is 0.135. The Morgan fingerprint density at radius 2 is 2.12 bits per heavy atom. The van der Waals surface area contributed by atoms with Crippen molar-refractivity contribution in [1.29, 1.82) is 5.26 Å². The van der Waals surface area contributed by atoms with Gasteiger partial charge >= 0.3 is 0 Å². The van der Waals surface area contributed by atoms with Crippen molar-refractivity contribution in [3.63, 3.8) is 0 Å². The molecular weight excluding hydrogens is 98.1 g/mol. The van der Waals surface area contributed by atoms with Gasteiger partial charge in [-0.1, -0.05) is 0 Å². The second-order valence-corrected chi connectivity index (χ2v) is 0.789. The molecule has 0 amide bonds. The molecule has 0 aliphatic heterocycles. The molecule has 0 aromatic carbocycles. The third kappa shape index (κ3) is 4.26. The lowest BCUT2D eigenvalue weighted by molar-refractivity contribution is 1.52. The van der Waals surface area contributed by atoms with Crippen LogP contribution in [0.2, 0.25) is 0 Å². The first-order chi connectivity index (χ1) is 3.91. The van der Waals surface area contributed by atoms with Crippen molar-refractivity contribution in [3.8, 4) is 6.07 Å². The van der Waals surface area contributed by atoms with Gasteiger partial charge in [-0.2, -0.15) is 5.26 Å². The smallest absolute Gasteiger partial charge is 0.157 e. The molecular formula is C7H2N+. The van der Waals surface area contributed by atoms with Gasteiger partial charge in [0.1, 0.15) is 5.73 Å². The van der Waals surface area contributed by atoms with Crippen LogP contribution in [0.1, 0.15) is 0 Å². The molecule has 0 saturated heterocycles. The van der Waals surface area contributed by atoms with Crippen LogP contribution in [0.3, 0.4) is 0 Å². The molecule has 0 radical (unpaired) electrons. The average molecular weight is 100 g/mol. The van der Waals surface area contributed by atoms with Crippen molar-refractivity contribution in [3.05, 3.63) is 35.6 Å². The van der Waals surface area contributed by atoms with E-state index in [9.17, 15) is 0 Å². The summed E-state index contributed by atoms with van der Waals surface area (Å²) in [5.74, 6) is 0. The summed E-state index contributed by atoms with van der Waals surface area (Å²) < 4.78 is 0. The predicted octanol–water partition coefficient (Wildman–Crippen LogP) is 1.12. The predicted molar refractivity (Wildman–Crippen MR) is 28.5 cm³/mol. The Morgan fingerprint density at radius 1 is 1.38 bits per heavy atom. The van der Waals surface area contributed by atoms with Gasteiger partial charge in [-0.25, -0.2) is 0 Å². The normalized spacial score (nSPS) is 3.38. The van der Waals surface area contributed by atoms with Crippen molar-refractivity contribution >= 4 is 0 Å². The van der Waals surface area contributed by atoms with Crippen LogP contribution in [0, 0.1) is 17.4 Å². The summed E-state index contributed by atoms with van der Waals surface area (Å²) in [6.07, 6.45) is 2.10. The molecule has 0 aliphatic carbocycles. The average Bonchev–Trinajstić information content (AvgIpc) is 1.81. The second kappa shape index (κ2) is 5.26. The minimum Gasteiger partial charge on any atom is -0.157 e. The first-order valence-electron chi connectivity index (χ1n) is 1.83. The molecule has 34 valence electrons. The van der Waals surface area contributed by atoms with Gasteiger partial charge in [-0.05, 0) is 12.3 Å². The van der Waals surface area contributed by atoms with Crippen molar-refractivity contribution in [2.24, 2.45) is 0 Å². The van der Waals surface area contributed by atoms with Gasteiger partial charge < -0.3 is 0 Å². The zero-order valence-electron chi connectivity index (χ0n) is 4.15. The maximum Gasteiger partial charge on any atom is 0.276 e. The third-order valence-corrected chi connectivity index (χ3v) is 0.332. The highest BCUT2D eigenvalue weighted by atomic mass is 14.2. The molecule has 0 aromatic heterocycles. The Bertz CT molecular complexity index is 243. The Morgan fingerprint density at radius 3 is 2.62 bits per heavy atom. The molecule has 0 heterocycles. The number of hydrogen-bond acceptors (Lipinski definition) is 1. The molecule has 0 saturated carbocycles. The zero-order chi connectivity index (χ0) is 6.24. The maximum absolute atomic E-state index is 7.84. The molecule has 1 heteroatoms. The lowest BCUT2D eigenvalue weighted by atomic mass is 10.6. The zero-order valence-corrected chi connectivity index (χ0v) is 4.15. The van der Waals surface area contributed by atoms with Crippen LogP contribution < -0.4 is 0 Å². The van der Waals surface area contributed by atoms with Crippen LogP contribution in [0.4, 0.5) is 0 Å². The largest absolute Gasteiger partial charge is 0.276 e. The monoisotopic (exact) mass is 100 g/mol.